The van der Waals surface area contributed by atoms with Crippen molar-refractivity contribution < 1.29 is 18.4 Å². The molecule has 3 aromatic heterocycles. The van der Waals surface area contributed by atoms with Crippen molar-refractivity contribution >= 4 is 29.0 Å². The molecule has 0 saturated heterocycles. The first-order valence-electron chi connectivity index (χ1n) is 13.0. The molecule has 2 saturated carbocycles. The molecule has 5 rings (SSSR count). The third-order valence-corrected chi connectivity index (χ3v) is 8.16. The number of alkyl halides is 2. The molecule has 0 bridgehead atoms. The lowest BCUT2D eigenvalue weighted by Crippen LogP contribution is -2.37. The molecule has 2 aliphatic carbocycles. The highest BCUT2D eigenvalue weighted by Gasteiger charge is 2.40. The number of nitrogens with one attached hydrogen (secondary N) is 2. The van der Waals surface area contributed by atoms with E-state index in [1.807, 2.05) is 13.0 Å². The molecule has 2 N–H and O–H groups in total. The molecule has 198 valence electrons. The molecular formula is C26H32F2N6O2S. The van der Waals surface area contributed by atoms with Crippen molar-refractivity contribution in [2.45, 2.75) is 83.2 Å². The normalized spacial score (nSPS) is 19.5. The average molecular weight is 531 g/mol. The van der Waals surface area contributed by atoms with Crippen LogP contribution in [0.5, 0.6) is 0 Å². The molecule has 0 unspecified atom stereocenters. The summed E-state index contributed by atoms with van der Waals surface area (Å²) < 4.78 is 33.7. The van der Waals surface area contributed by atoms with E-state index in [9.17, 15) is 18.4 Å². The van der Waals surface area contributed by atoms with E-state index in [0.29, 0.717) is 47.8 Å². The molecule has 11 heteroatoms. The topological polar surface area (TPSA) is 101 Å². The quantitative estimate of drug-likeness (QED) is 0.398. The van der Waals surface area contributed by atoms with E-state index in [-0.39, 0.29) is 36.6 Å². The molecule has 37 heavy (non-hydrogen) atoms. The monoisotopic (exact) mass is 530 g/mol. The summed E-state index contributed by atoms with van der Waals surface area (Å²) in [5, 5.41) is 12.4. The first kappa shape index (κ1) is 25.7. The van der Waals surface area contributed by atoms with Crippen molar-refractivity contribution in [3.8, 4) is 0 Å². The molecule has 2 amide bonds. The molecule has 0 aliphatic heterocycles. The number of hydrogen-bond acceptors (Lipinski definition) is 6. The Morgan fingerprint density at radius 1 is 1.16 bits per heavy atom. The van der Waals surface area contributed by atoms with Crippen molar-refractivity contribution in [2.75, 3.05) is 0 Å². The van der Waals surface area contributed by atoms with Crippen LogP contribution in [0.2, 0.25) is 0 Å². The maximum Gasteiger partial charge on any atom is 0.254 e. The molecule has 0 spiro atoms. The highest BCUT2D eigenvalue weighted by Crippen LogP contribution is 2.42. The summed E-state index contributed by atoms with van der Waals surface area (Å²) in [6, 6.07) is 1.28. The van der Waals surface area contributed by atoms with Gasteiger partial charge in [0.25, 0.3) is 5.91 Å². The lowest BCUT2D eigenvalue weighted by atomic mass is 9.81. The number of amides is 2. The Bertz CT molecular complexity index is 1280. The van der Waals surface area contributed by atoms with Gasteiger partial charge in [0.2, 0.25) is 11.8 Å². The van der Waals surface area contributed by atoms with Gasteiger partial charge in [-0.15, -0.1) is 0 Å². The van der Waals surface area contributed by atoms with Gasteiger partial charge in [-0.1, -0.05) is 6.92 Å². The predicted octanol–water partition coefficient (Wildman–Crippen LogP) is 5.16. The van der Waals surface area contributed by atoms with E-state index in [2.05, 4.69) is 20.1 Å². The summed E-state index contributed by atoms with van der Waals surface area (Å²) in [5.74, 6) is -2.72. The van der Waals surface area contributed by atoms with Crippen molar-refractivity contribution in [3.63, 3.8) is 0 Å². The minimum atomic E-state index is -2.67. The largest absolute Gasteiger partial charge is 0.349 e. The zero-order valence-electron chi connectivity index (χ0n) is 21.0. The third-order valence-electron chi connectivity index (χ3n) is 7.44. The van der Waals surface area contributed by atoms with Crippen molar-refractivity contribution in [2.24, 2.45) is 11.8 Å². The number of aromatic nitrogens is 4. The number of carbonyl (C=O) groups excluding carboxylic acids is 2. The van der Waals surface area contributed by atoms with Crippen LogP contribution < -0.4 is 10.6 Å². The molecule has 2 atom stereocenters. The smallest absolute Gasteiger partial charge is 0.254 e. The fraction of sp³-hybridized carbons (Fsp3) is 0.577. The van der Waals surface area contributed by atoms with Crippen LogP contribution in [0.1, 0.15) is 97.7 Å². The van der Waals surface area contributed by atoms with Gasteiger partial charge in [-0.3, -0.25) is 9.59 Å². The van der Waals surface area contributed by atoms with Crippen LogP contribution in [-0.2, 0) is 4.79 Å². The Morgan fingerprint density at radius 2 is 1.89 bits per heavy atom. The van der Waals surface area contributed by atoms with Gasteiger partial charge >= 0.3 is 0 Å². The standard InChI is InChI=1S/C26H32F2N6O2S/c1-3-4-22(35)31-23(16-5-6-16)18-11-21-30-20(13-34(21)29-12-18)24(17-7-9-26(27,28)10-8-17)32-25(36)19-14-37-33-15(19)2/h11-14,16-17,23-24H,3-10H2,1-2H3,(H,31,35)(H,32,36)/t23-,24+/m1/s1. The fourth-order valence-corrected chi connectivity index (χ4v) is 5.86. The number of carbonyl (C=O) groups is 2. The Morgan fingerprint density at radius 3 is 2.54 bits per heavy atom. The first-order valence-corrected chi connectivity index (χ1v) is 13.8. The lowest BCUT2D eigenvalue weighted by molar-refractivity contribution is -0.122. The van der Waals surface area contributed by atoms with Gasteiger partial charge in [-0.25, -0.2) is 18.3 Å². The minimum absolute atomic E-state index is 0.0263. The number of rotatable bonds is 9. The van der Waals surface area contributed by atoms with Crippen molar-refractivity contribution in [1.29, 1.82) is 0 Å². The molecule has 3 aromatic rings. The van der Waals surface area contributed by atoms with Gasteiger partial charge in [0.15, 0.2) is 5.65 Å². The molecule has 8 nitrogen and oxygen atoms in total. The number of halogens is 2. The Kier molecular flexibility index (Phi) is 7.24. The summed E-state index contributed by atoms with van der Waals surface area (Å²) >= 11 is 1.21. The maximum atomic E-state index is 13.9. The van der Waals surface area contributed by atoms with Gasteiger partial charge < -0.3 is 10.6 Å². The van der Waals surface area contributed by atoms with Gasteiger partial charge in [0, 0.05) is 24.6 Å². The fourth-order valence-electron chi connectivity index (χ4n) is 5.16. The van der Waals surface area contributed by atoms with Gasteiger partial charge in [-0.05, 0) is 74.0 Å². The summed E-state index contributed by atoms with van der Waals surface area (Å²) in [7, 11) is 0. The van der Waals surface area contributed by atoms with E-state index in [1.54, 1.807) is 29.2 Å². The van der Waals surface area contributed by atoms with Crippen LogP contribution in [0.15, 0.2) is 23.8 Å². The van der Waals surface area contributed by atoms with E-state index >= 15 is 0 Å². The highest BCUT2D eigenvalue weighted by molar-refractivity contribution is 7.03. The first-order chi connectivity index (χ1) is 17.7. The molecular weight excluding hydrogens is 498 g/mol. The summed E-state index contributed by atoms with van der Waals surface area (Å²) in [6.45, 7) is 3.75. The second-order valence-corrected chi connectivity index (χ2v) is 11.0. The molecule has 0 radical (unpaired) electrons. The van der Waals surface area contributed by atoms with Crippen molar-refractivity contribution in [3.05, 3.63) is 46.4 Å². The second-order valence-electron chi connectivity index (χ2n) is 10.3. The van der Waals surface area contributed by atoms with Crippen LogP contribution in [0.3, 0.4) is 0 Å². The van der Waals surface area contributed by atoms with E-state index < -0.39 is 12.0 Å². The van der Waals surface area contributed by atoms with Crippen LogP contribution in [0, 0.1) is 18.8 Å². The van der Waals surface area contributed by atoms with Gasteiger partial charge in [-0.2, -0.15) is 9.47 Å². The Labute approximate surface area is 218 Å². The number of imidazole rings is 1. The second kappa shape index (κ2) is 10.4. The molecule has 2 aliphatic rings. The predicted molar refractivity (Wildman–Crippen MR) is 135 cm³/mol. The van der Waals surface area contributed by atoms with Crippen LogP contribution in [0.4, 0.5) is 8.78 Å². The number of hydrogen-bond donors (Lipinski definition) is 2. The number of aryl methyl sites for hydroxylation is 1. The van der Waals surface area contributed by atoms with E-state index in [4.69, 9.17) is 4.98 Å². The summed E-state index contributed by atoms with van der Waals surface area (Å²) in [5.41, 5.74) is 3.20. The molecule has 2 fully saturated rings. The lowest BCUT2D eigenvalue weighted by Gasteiger charge is -2.33. The highest BCUT2D eigenvalue weighted by atomic mass is 32.1. The summed E-state index contributed by atoms with van der Waals surface area (Å²) in [4.78, 5) is 30.2. The Hall–Kier alpha value is -2.95. The molecule has 3 heterocycles. The zero-order chi connectivity index (χ0) is 26.2. The van der Waals surface area contributed by atoms with Crippen molar-refractivity contribution in [1.82, 2.24) is 29.6 Å². The van der Waals surface area contributed by atoms with Crippen LogP contribution in [0.25, 0.3) is 5.65 Å². The van der Waals surface area contributed by atoms with Crippen LogP contribution in [-0.4, -0.2) is 36.7 Å². The average Bonchev–Trinajstić information content (AvgIpc) is 3.47. The van der Waals surface area contributed by atoms with E-state index in [0.717, 1.165) is 24.8 Å². The Balaban J connectivity index is 1.43. The molecule has 0 aromatic carbocycles. The van der Waals surface area contributed by atoms with Crippen LogP contribution >= 0.6 is 11.5 Å². The summed E-state index contributed by atoms with van der Waals surface area (Å²) in [6.07, 6.45) is 7.05. The third kappa shape index (κ3) is 5.81. The SMILES string of the molecule is CCCC(=O)N[C@@H](c1cnn2cc([C@@H](NC(=O)c3csnc3C)C3CCC(F)(F)CC3)nc2c1)C1CC1. The zero-order valence-corrected chi connectivity index (χ0v) is 21.9. The number of fused-ring (bicyclic) bond motifs is 1. The van der Waals surface area contributed by atoms with E-state index in [1.165, 1.54) is 11.5 Å². The van der Waals surface area contributed by atoms with Gasteiger partial charge in [0.05, 0.1) is 41.4 Å². The van der Waals surface area contributed by atoms with Gasteiger partial charge in [0.1, 0.15) is 0 Å². The minimum Gasteiger partial charge on any atom is -0.349 e. The number of nitrogens with zero attached hydrogens (tertiary/aromatic N) is 4. The maximum absolute atomic E-state index is 13.9.